The fourth-order valence-corrected chi connectivity index (χ4v) is 2.77. The molecule has 0 bridgehead atoms. The zero-order valence-electron chi connectivity index (χ0n) is 9.06. The quantitative estimate of drug-likeness (QED) is 0.701. The van der Waals surface area contributed by atoms with Crippen molar-refractivity contribution in [2.45, 2.75) is 18.5 Å². The summed E-state index contributed by atoms with van der Waals surface area (Å²) in [5, 5.41) is 6.01. The fourth-order valence-electron chi connectivity index (χ4n) is 1.83. The maximum atomic E-state index is 11.7. The second-order valence-electron chi connectivity index (χ2n) is 3.96. The first kappa shape index (κ1) is 13.6. The molecule has 0 saturated carbocycles. The van der Waals surface area contributed by atoms with Crippen LogP contribution < -0.4 is 10.6 Å². The molecule has 2 atom stereocenters. The normalized spacial score (nSPS) is 29.1. The van der Waals surface area contributed by atoms with E-state index in [-0.39, 0.29) is 36.3 Å². The Labute approximate surface area is 105 Å². The molecule has 0 spiro atoms. The second-order valence-corrected chi connectivity index (χ2v) is 4.99. The third-order valence-electron chi connectivity index (χ3n) is 2.72. The van der Waals surface area contributed by atoms with Crippen LogP contribution in [0.25, 0.3) is 0 Å². The van der Waals surface area contributed by atoms with Gasteiger partial charge < -0.3 is 10.2 Å². The van der Waals surface area contributed by atoms with Crippen LogP contribution in [0.1, 0.15) is 6.42 Å². The summed E-state index contributed by atoms with van der Waals surface area (Å²) in [5.74, 6) is 1.78. The molecule has 2 heterocycles. The van der Waals surface area contributed by atoms with Gasteiger partial charge in [-0.25, -0.2) is 0 Å². The van der Waals surface area contributed by atoms with Crippen LogP contribution in [0.2, 0.25) is 0 Å². The van der Waals surface area contributed by atoms with E-state index < -0.39 is 0 Å². The molecule has 2 saturated heterocycles. The van der Waals surface area contributed by atoms with Crippen molar-refractivity contribution in [1.82, 2.24) is 15.5 Å². The van der Waals surface area contributed by atoms with Gasteiger partial charge in [0.1, 0.15) is 0 Å². The highest BCUT2D eigenvalue weighted by Crippen LogP contribution is 2.12. The highest BCUT2D eigenvalue weighted by molar-refractivity contribution is 7.99. The van der Waals surface area contributed by atoms with E-state index in [1.807, 2.05) is 0 Å². The van der Waals surface area contributed by atoms with Gasteiger partial charge in [-0.2, -0.15) is 0 Å². The van der Waals surface area contributed by atoms with E-state index in [1.54, 1.807) is 23.7 Å². The zero-order valence-corrected chi connectivity index (χ0v) is 10.7. The molecule has 0 aliphatic carbocycles. The van der Waals surface area contributed by atoms with Gasteiger partial charge in [0, 0.05) is 31.6 Å². The highest BCUT2D eigenvalue weighted by Gasteiger charge is 2.30. The fraction of sp³-hybridized carbons (Fsp3) is 0.778. The first-order valence-corrected chi connectivity index (χ1v) is 6.18. The van der Waals surface area contributed by atoms with Gasteiger partial charge in [0.25, 0.3) is 0 Å². The standard InChI is InChI=1S/C9H15N3O2S.ClH/c1-12-3-6(2-8(12)13)11-9(14)7-4-15-5-10-7;/h6-7,10H,2-5H2,1H3,(H,11,14);1H. The van der Waals surface area contributed by atoms with Gasteiger partial charge in [0.15, 0.2) is 0 Å². The van der Waals surface area contributed by atoms with E-state index in [0.29, 0.717) is 13.0 Å². The van der Waals surface area contributed by atoms with E-state index >= 15 is 0 Å². The number of likely N-dealkylation sites (N-methyl/N-ethyl adjacent to an activating group) is 1. The molecule has 0 aromatic rings. The van der Waals surface area contributed by atoms with Gasteiger partial charge in [-0.1, -0.05) is 0 Å². The minimum atomic E-state index is -0.0870. The molecule has 2 aliphatic heterocycles. The average molecular weight is 266 g/mol. The molecule has 2 rings (SSSR count). The summed E-state index contributed by atoms with van der Waals surface area (Å²) < 4.78 is 0. The van der Waals surface area contributed by atoms with Gasteiger partial charge in [-0.15, -0.1) is 24.2 Å². The van der Waals surface area contributed by atoms with E-state index in [2.05, 4.69) is 10.6 Å². The van der Waals surface area contributed by atoms with Crippen LogP contribution in [0.15, 0.2) is 0 Å². The number of nitrogens with one attached hydrogen (secondary N) is 2. The number of halogens is 1. The largest absolute Gasteiger partial charge is 0.350 e. The van der Waals surface area contributed by atoms with Crippen LogP contribution >= 0.6 is 24.2 Å². The Bertz CT molecular complexity index is 284. The van der Waals surface area contributed by atoms with E-state index in [4.69, 9.17) is 0 Å². The minimum absolute atomic E-state index is 0. The molecule has 2 fully saturated rings. The van der Waals surface area contributed by atoms with E-state index in [1.165, 1.54) is 0 Å². The minimum Gasteiger partial charge on any atom is -0.350 e. The Morgan fingerprint density at radius 2 is 2.38 bits per heavy atom. The Morgan fingerprint density at radius 3 is 2.88 bits per heavy atom. The monoisotopic (exact) mass is 265 g/mol. The smallest absolute Gasteiger partial charge is 0.238 e. The Hall–Kier alpha value is -0.460. The number of hydrogen-bond acceptors (Lipinski definition) is 4. The molecule has 16 heavy (non-hydrogen) atoms. The van der Waals surface area contributed by atoms with Crippen molar-refractivity contribution in [1.29, 1.82) is 0 Å². The third-order valence-corrected chi connectivity index (χ3v) is 3.66. The van der Waals surface area contributed by atoms with Crippen molar-refractivity contribution in [2.24, 2.45) is 0 Å². The number of nitrogens with zero attached hydrogens (tertiary/aromatic N) is 1. The Morgan fingerprint density at radius 1 is 1.62 bits per heavy atom. The second kappa shape index (κ2) is 5.75. The van der Waals surface area contributed by atoms with Crippen molar-refractivity contribution in [3.8, 4) is 0 Å². The molecule has 2 N–H and O–H groups in total. The number of carbonyl (C=O) groups is 2. The lowest BCUT2D eigenvalue weighted by Gasteiger charge is -2.15. The summed E-state index contributed by atoms with van der Waals surface area (Å²) >= 11 is 1.72. The molecule has 5 nitrogen and oxygen atoms in total. The SMILES string of the molecule is CN1CC(NC(=O)C2CSCN2)CC1=O.Cl. The molecule has 2 unspecified atom stereocenters. The Kier molecular flexibility index (Phi) is 4.89. The van der Waals surface area contributed by atoms with Gasteiger partial charge >= 0.3 is 0 Å². The van der Waals surface area contributed by atoms with Crippen molar-refractivity contribution >= 4 is 36.0 Å². The summed E-state index contributed by atoms with van der Waals surface area (Å²) in [4.78, 5) is 24.6. The van der Waals surface area contributed by atoms with Crippen LogP contribution in [0.3, 0.4) is 0 Å². The Balaban J connectivity index is 0.00000128. The molecule has 2 amide bonds. The number of thioether (sulfide) groups is 1. The van der Waals surface area contributed by atoms with E-state index in [9.17, 15) is 9.59 Å². The van der Waals surface area contributed by atoms with Crippen molar-refractivity contribution in [3.05, 3.63) is 0 Å². The maximum Gasteiger partial charge on any atom is 0.238 e. The van der Waals surface area contributed by atoms with Crippen molar-refractivity contribution < 1.29 is 9.59 Å². The molecule has 92 valence electrons. The highest BCUT2D eigenvalue weighted by atomic mass is 35.5. The lowest BCUT2D eigenvalue weighted by atomic mass is 10.2. The maximum absolute atomic E-state index is 11.7. The molecule has 2 aliphatic rings. The lowest BCUT2D eigenvalue weighted by Crippen LogP contribution is -2.47. The van der Waals surface area contributed by atoms with Gasteiger partial charge in [-0.05, 0) is 0 Å². The predicted octanol–water partition coefficient (Wildman–Crippen LogP) is -0.582. The molecule has 0 radical (unpaired) electrons. The van der Waals surface area contributed by atoms with Crippen molar-refractivity contribution in [2.75, 3.05) is 25.2 Å². The van der Waals surface area contributed by atoms with Crippen LogP contribution in [-0.2, 0) is 9.59 Å². The van der Waals surface area contributed by atoms with Crippen LogP contribution in [0, 0.1) is 0 Å². The summed E-state index contributed by atoms with van der Waals surface area (Å²) in [6, 6.07) is -0.0987. The zero-order chi connectivity index (χ0) is 10.8. The number of amides is 2. The molecule has 0 aromatic heterocycles. The van der Waals surface area contributed by atoms with E-state index in [0.717, 1.165) is 11.6 Å². The van der Waals surface area contributed by atoms with Crippen LogP contribution in [0.5, 0.6) is 0 Å². The molecule has 0 aromatic carbocycles. The summed E-state index contributed by atoms with van der Waals surface area (Å²) in [5.41, 5.74) is 0. The van der Waals surface area contributed by atoms with Gasteiger partial charge in [-0.3, -0.25) is 14.9 Å². The van der Waals surface area contributed by atoms with Gasteiger partial charge in [0.05, 0.1) is 12.1 Å². The summed E-state index contributed by atoms with van der Waals surface area (Å²) in [6.07, 6.45) is 0.433. The summed E-state index contributed by atoms with van der Waals surface area (Å²) in [6.45, 7) is 0.629. The summed E-state index contributed by atoms with van der Waals surface area (Å²) in [7, 11) is 1.76. The van der Waals surface area contributed by atoms with Crippen LogP contribution in [0.4, 0.5) is 0 Å². The van der Waals surface area contributed by atoms with Crippen molar-refractivity contribution in [3.63, 3.8) is 0 Å². The lowest BCUT2D eigenvalue weighted by molar-refractivity contribution is -0.126. The third kappa shape index (κ3) is 3.02. The van der Waals surface area contributed by atoms with Crippen LogP contribution in [-0.4, -0.2) is 54.0 Å². The van der Waals surface area contributed by atoms with Gasteiger partial charge in [0.2, 0.25) is 11.8 Å². The number of hydrogen-bond donors (Lipinski definition) is 2. The predicted molar refractivity (Wildman–Crippen MR) is 65.7 cm³/mol. The first-order chi connectivity index (χ1) is 7.16. The molecule has 7 heteroatoms. The molecular weight excluding hydrogens is 250 g/mol. The number of rotatable bonds is 2. The molecular formula is C9H16ClN3O2S. The topological polar surface area (TPSA) is 61.4 Å². The number of likely N-dealkylation sites (tertiary alicyclic amines) is 1. The number of carbonyl (C=O) groups excluding carboxylic acids is 2. The first-order valence-electron chi connectivity index (χ1n) is 5.02. The average Bonchev–Trinajstić information content (AvgIpc) is 2.77.